The van der Waals surface area contributed by atoms with E-state index < -0.39 is 0 Å². The molecule has 0 fully saturated rings. The summed E-state index contributed by atoms with van der Waals surface area (Å²) in [4.78, 5) is 13.4. The van der Waals surface area contributed by atoms with E-state index in [2.05, 4.69) is 0 Å². The van der Waals surface area contributed by atoms with E-state index in [4.69, 9.17) is 9.84 Å². The molecule has 0 heterocycles. The van der Waals surface area contributed by atoms with Crippen molar-refractivity contribution in [3.63, 3.8) is 0 Å². The van der Waals surface area contributed by atoms with Gasteiger partial charge in [0.05, 0.1) is 7.11 Å². The van der Waals surface area contributed by atoms with Crippen LogP contribution in [-0.4, -0.2) is 31.8 Å². The summed E-state index contributed by atoms with van der Waals surface area (Å²) in [6.45, 7) is 0.135. The average Bonchev–Trinajstić information content (AvgIpc) is 2.38. The number of nitrogens with zero attached hydrogens (tertiary/aromatic N) is 1. The number of benzene rings is 1. The van der Waals surface area contributed by atoms with Crippen molar-refractivity contribution < 1.29 is 14.6 Å². The summed E-state index contributed by atoms with van der Waals surface area (Å²) in [5.41, 5.74) is 0.818. The third kappa shape index (κ3) is 4.07. The molecule has 0 saturated heterocycles. The highest BCUT2D eigenvalue weighted by molar-refractivity contribution is 5.92. The minimum atomic E-state index is 0.0479. The minimum Gasteiger partial charge on any atom is -0.497 e. The van der Waals surface area contributed by atoms with Gasteiger partial charge in [-0.05, 0) is 25.0 Å². The molecule has 0 spiro atoms. The highest BCUT2D eigenvalue weighted by Crippen LogP contribution is 2.20. The van der Waals surface area contributed by atoms with Crippen molar-refractivity contribution in [2.45, 2.75) is 19.3 Å². The zero-order valence-corrected chi connectivity index (χ0v) is 10.3. The summed E-state index contributed by atoms with van der Waals surface area (Å²) < 4.78 is 5.11. The number of aliphatic hydroxyl groups is 1. The van der Waals surface area contributed by atoms with E-state index in [-0.39, 0.29) is 12.5 Å². The molecule has 0 aliphatic heterocycles. The number of methoxy groups -OCH3 is 1. The fourth-order valence-electron chi connectivity index (χ4n) is 1.52. The second-order valence-electron chi connectivity index (χ2n) is 3.83. The molecule has 1 rings (SSSR count). The third-order valence-electron chi connectivity index (χ3n) is 2.61. The maximum absolute atomic E-state index is 11.8. The highest BCUT2D eigenvalue weighted by atomic mass is 16.5. The number of ether oxygens (including phenoxy) is 1. The molecule has 4 heteroatoms. The zero-order valence-electron chi connectivity index (χ0n) is 10.3. The van der Waals surface area contributed by atoms with Gasteiger partial charge in [0, 0.05) is 31.8 Å². The Kier molecular flexibility index (Phi) is 5.49. The standard InChI is InChI=1S/C13H19NO3/c1-14(13(16)8-3-4-9-15)11-6-5-7-12(10-11)17-2/h5-7,10,15H,3-4,8-9H2,1-2H3. The predicted octanol–water partition coefficient (Wildman–Crippen LogP) is 1.82. The van der Waals surface area contributed by atoms with Crippen molar-refractivity contribution in [3.05, 3.63) is 24.3 Å². The lowest BCUT2D eigenvalue weighted by atomic mass is 10.2. The fourth-order valence-corrected chi connectivity index (χ4v) is 1.52. The first-order valence-corrected chi connectivity index (χ1v) is 5.70. The van der Waals surface area contributed by atoms with Gasteiger partial charge in [-0.15, -0.1) is 0 Å². The van der Waals surface area contributed by atoms with Crippen LogP contribution in [0, 0.1) is 0 Å². The quantitative estimate of drug-likeness (QED) is 0.768. The van der Waals surface area contributed by atoms with Gasteiger partial charge in [-0.25, -0.2) is 0 Å². The fraction of sp³-hybridized carbons (Fsp3) is 0.462. The lowest BCUT2D eigenvalue weighted by Gasteiger charge is -2.17. The van der Waals surface area contributed by atoms with Crippen molar-refractivity contribution in [2.75, 3.05) is 25.7 Å². The van der Waals surface area contributed by atoms with Crippen LogP contribution in [0.5, 0.6) is 5.75 Å². The Bertz CT molecular complexity index is 365. The number of carbonyl (C=O) groups is 1. The molecule has 0 aliphatic carbocycles. The van der Waals surface area contributed by atoms with E-state index >= 15 is 0 Å². The van der Waals surface area contributed by atoms with Crippen molar-refractivity contribution >= 4 is 11.6 Å². The average molecular weight is 237 g/mol. The Hall–Kier alpha value is -1.55. The van der Waals surface area contributed by atoms with Gasteiger partial charge in [0.2, 0.25) is 5.91 Å². The molecule has 1 aromatic rings. The van der Waals surface area contributed by atoms with Gasteiger partial charge in [0.25, 0.3) is 0 Å². The monoisotopic (exact) mass is 237 g/mol. The number of carbonyl (C=O) groups excluding carboxylic acids is 1. The van der Waals surface area contributed by atoms with E-state index in [0.29, 0.717) is 19.3 Å². The van der Waals surface area contributed by atoms with Crippen LogP contribution in [0.25, 0.3) is 0 Å². The maximum atomic E-state index is 11.8. The minimum absolute atomic E-state index is 0.0479. The summed E-state index contributed by atoms with van der Waals surface area (Å²) in [6.07, 6.45) is 1.83. The van der Waals surface area contributed by atoms with Crippen LogP contribution in [0.3, 0.4) is 0 Å². The molecule has 0 bridgehead atoms. The number of amides is 1. The number of aliphatic hydroxyl groups excluding tert-OH is 1. The first kappa shape index (κ1) is 13.5. The molecule has 0 aromatic heterocycles. The molecule has 0 radical (unpaired) electrons. The van der Waals surface area contributed by atoms with Crippen LogP contribution in [0.1, 0.15) is 19.3 Å². The molecule has 0 unspecified atom stereocenters. The van der Waals surface area contributed by atoms with E-state index in [1.807, 2.05) is 24.3 Å². The predicted molar refractivity (Wildman–Crippen MR) is 67.3 cm³/mol. The summed E-state index contributed by atoms with van der Waals surface area (Å²) in [5, 5.41) is 8.66. The normalized spacial score (nSPS) is 10.1. The van der Waals surface area contributed by atoms with E-state index in [9.17, 15) is 4.79 Å². The number of rotatable bonds is 6. The number of unbranched alkanes of at least 4 members (excludes halogenated alkanes) is 1. The molecule has 1 N–H and O–H groups in total. The van der Waals surface area contributed by atoms with Gasteiger partial charge in [-0.1, -0.05) is 6.07 Å². The zero-order chi connectivity index (χ0) is 12.7. The van der Waals surface area contributed by atoms with Gasteiger partial charge >= 0.3 is 0 Å². The number of anilines is 1. The molecule has 17 heavy (non-hydrogen) atoms. The van der Waals surface area contributed by atoms with Gasteiger partial charge < -0.3 is 14.7 Å². The van der Waals surface area contributed by atoms with Crippen molar-refractivity contribution in [1.29, 1.82) is 0 Å². The summed E-state index contributed by atoms with van der Waals surface area (Å²) >= 11 is 0. The first-order chi connectivity index (χ1) is 8.19. The van der Waals surface area contributed by atoms with Crippen LogP contribution in [0.15, 0.2) is 24.3 Å². The third-order valence-corrected chi connectivity index (χ3v) is 2.61. The second kappa shape index (κ2) is 6.91. The van der Waals surface area contributed by atoms with Crippen LogP contribution >= 0.6 is 0 Å². The smallest absolute Gasteiger partial charge is 0.226 e. The second-order valence-corrected chi connectivity index (χ2v) is 3.83. The lowest BCUT2D eigenvalue weighted by Crippen LogP contribution is -2.25. The van der Waals surface area contributed by atoms with E-state index in [0.717, 1.165) is 11.4 Å². The molecule has 1 aromatic carbocycles. The molecule has 0 aliphatic rings. The Morgan fingerprint density at radius 3 is 2.82 bits per heavy atom. The highest BCUT2D eigenvalue weighted by Gasteiger charge is 2.10. The molecule has 0 saturated carbocycles. The van der Waals surface area contributed by atoms with Crippen LogP contribution in [0.4, 0.5) is 5.69 Å². The van der Waals surface area contributed by atoms with E-state index in [1.165, 1.54) is 0 Å². The van der Waals surface area contributed by atoms with Crippen LogP contribution in [-0.2, 0) is 4.79 Å². The Balaban J connectivity index is 2.61. The summed E-state index contributed by atoms with van der Waals surface area (Å²) in [7, 11) is 3.35. The van der Waals surface area contributed by atoms with Crippen molar-refractivity contribution in [1.82, 2.24) is 0 Å². The first-order valence-electron chi connectivity index (χ1n) is 5.70. The molecular formula is C13H19NO3. The largest absolute Gasteiger partial charge is 0.497 e. The summed E-state index contributed by atoms with van der Waals surface area (Å²) in [5.74, 6) is 0.782. The Morgan fingerprint density at radius 2 is 2.18 bits per heavy atom. The SMILES string of the molecule is COc1cccc(N(C)C(=O)CCCCO)c1. The molecule has 1 amide bonds. The van der Waals surface area contributed by atoms with Crippen LogP contribution in [0.2, 0.25) is 0 Å². The van der Waals surface area contributed by atoms with E-state index in [1.54, 1.807) is 19.1 Å². The molecular weight excluding hydrogens is 218 g/mol. The maximum Gasteiger partial charge on any atom is 0.226 e. The van der Waals surface area contributed by atoms with Gasteiger partial charge in [0.15, 0.2) is 0 Å². The summed E-state index contributed by atoms with van der Waals surface area (Å²) in [6, 6.07) is 7.38. The Labute approximate surface area is 102 Å². The molecule has 94 valence electrons. The van der Waals surface area contributed by atoms with Gasteiger partial charge in [-0.2, -0.15) is 0 Å². The van der Waals surface area contributed by atoms with Crippen molar-refractivity contribution in [3.8, 4) is 5.75 Å². The van der Waals surface area contributed by atoms with Crippen molar-refractivity contribution in [2.24, 2.45) is 0 Å². The molecule has 4 nitrogen and oxygen atoms in total. The van der Waals surface area contributed by atoms with Gasteiger partial charge in [-0.3, -0.25) is 4.79 Å². The lowest BCUT2D eigenvalue weighted by molar-refractivity contribution is -0.118. The van der Waals surface area contributed by atoms with Crippen LogP contribution < -0.4 is 9.64 Å². The number of hydrogen-bond donors (Lipinski definition) is 1. The van der Waals surface area contributed by atoms with Gasteiger partial charge in [0.1, 0.15) is 5.75 Å². The number of hydrogen-bond acceptors (Lipinski definition) is 3. The molecule has 0 atom stereocenters. The topological polar surface area (TPSA) is 49.8 Å². The Morgan fingerprint density at radius 1 is 1.41 bits per heavy atom.